The van der Waals surface area contributed by atoms with Gasteiger partial charge in [-0.1, -0.05) is 48.5 Å². The van der Waals surface area contributed by atoms with Crippen molar-refractivity contribution < 1.29 is 4.74 Å². The van der Waals surface area contributed by atoms with Crippen molar-refractivity contribution >= 4 is 11.8 Å². The van der Waals surface area contributed by atoms with Crippen LogP contribution in [-0.2, 0) is 13.0 Å². The molecular formula is C20H23N5O. The number of anilines is 2. The van der Waals surface area contributed by atoms with Gasteiger partial charge in [-0.25, -0.2) is 0 Å². The molecule has 0 saturated carbocycles. The molecule has 2 N–H and O–H groups in total. The van der Waals surface area contributed by atoms with Crippen molar-refractivity contribution in [2.75, 3.05) is 24.3 Å². The van der Waals surface area contributed by atoms with Crippen LogP contribution < -0.4 is 15.4 Å². The summed E-state index contributed by atoms with van der Waals surface area (Å²) in [6.45, 7) is 1.41. The molecule has 6 heteroatoms. The van der Waals surface area contributed by atoms with E-state index in [1.807, 2.05) is 30.3 Å². The molecule has 0 unspecified atom stereocenters. The van der Waals surface area contributed by atoms with Crippen molar-refractivity contribution in [1.29, 1.82) is 0 Å². The molecule has 0 amide bonds. The average molecular weight is 349 g/mol. The lowest BCUT2D eigenvalue weighted by Gasteiger charge is -2.10. The van der Waals surface area contributed by atoms with Crippen molar-refractivity contribution in [2.45, 2.75) is 19.4 Å². The van der Waals surface area contributed by atoms with Crippen LogP contribution in [0.3, 0.4) is 0 Å². The normalized spacial score (nSPS) is 10.3. The predicted octanol–water partition coefficient (Wildman–Crippen LogP) is 3.54. The molecule has 0 spiro atoms. The van der Waals surface area contributed by atoms with E-state index in [2.05, 4.69) is 50.1 Å². The molecule has 0 fully saturated rings. The highest BCUT2D eigenvalue weighted by atomic mass is 16.5. The van der Waals surface area contributed by atoms with Crippen molar-refractivity contribution in [1.82, 2.24) is 15.2 Å². The molecule has 2 aromatic carbocycles. The quantitative estimate of drug-likeness (QED) is 0.576. The predicted molar refractivity (Wildman–Crippen MR) is 103 cm³/mol. The molecule has 3 aromatic rings. The maximum atomic E-state index is 5.36. The van der Waals surface area contributed by atoms with Crippen molar-refractivity contribution in [2.24, 2.45) is 0 Å². The summed E-state index contributed by atoms with van der Waals surface area (Å²) in [5.41, 5.74) is 2.39. The second-order valence-electron chi connectivity index (χ2n) is 5.85. The summed E-state index contributed by atoms with van der Waals surface area (Å²) in [6.07, 6.45) is 3.64. The van der Waals surface area contributed by atoms with Crippen LogP contribution in [0.4, 0.5) is 11.8 Å². The third-order valence-electron chi connectivity index (χ3n) is 3.98. The van der Waals surface area contributed by atoms with Gasteiger partial charge in [-0.2, -0.15) is 10.1 Å². The van der Waals surface area contributed by atoms with Gasteiger partial charge in [-0.05, 0) is 24.5 Å². The smallest absolute Gasteiger partial charge is 0.244 e. The molecule has 0 radical (unpaired) electrons. The average Bonchev–Trinajstić information content (AvgIpc) is 2.71. The number of ether oxygens (including phenoxy) is 1. The Hall–Kier alpha value is -3.15. The number of rotatable bonds is 9. The van der Waals surface area contributed by atoms with Crippen LogP contribution in [0.15, 0.2) is 60.8 Å². The summed E-state index contributed by atoms with van der Waals surface area (Å²) in [4.78, 5) is 4.45. The minimum Gasteiger partial charge on any atom is -0.496 e. The number of hydrogen-bond donors (Lipinski definition) is 2. The van der Waals surface area contributed by atoms with E-state index >= 15 is 0 Å². The highest BCUT2D eigenvalue weighted by molar-refractivity contribution is 5.40. The van der Waals surface area contributed by atoms with Crippen LogP contribution in [0.2, 0.25) is 0 Å². The first-order valence-corrected chi connectivity index (χ1v) is 8.68. The Labute approximate surface area is 153 Å². The lowest BCUT2D eigenvalue weighted by Crippen LogP contribution is -2.10. The molecule has 134 valence electrons. The minimum atomic E-state index is 0.531. The highest BCUT2D eigenvalue weighted by Gasteiger charge is 2.04. The first kappa shape index (κ1) is 17.7. The Balaban J connectivity index is 1.48. The van der Waals surface area contributed by atoms with Crippen LogP contribution in [0.1, 0.15) is 17.5 Å². The fourth-order valence-electron chi connectivity index (χ4n) is 2.64. The number of benzene rings is 2. The topological polar surface area (TPSA) is 72.0 Å². The van der Waals surface area contributed by atoms with Gasteiger partial charge >= 0.3 is 0 Å². The molecular weight excluding hydrogens is 326 g/mol. The van der Waals surface area contributed by atoms with Crippen LogP contribution >= 0.6 is 0 Å². The highest BCUT2D eigenvalue weighted by Crippen LogP contribution is 2.18. The van der Waals surface area contributed by atoms with E-state index in [-0.39, 0.29) is 0 Å². The number of para-hydroxylation sites is 1. The molecule has 0 bridgehead atoms. The van der Waals surface area contributed by atoms with E-state index in [1.54, 1.807) is 13.3 Å². The van der Waals surface area contributed by atoms with E-state index in [1.165, 1.54) is 5.56 Å². The zero-order valence-corrected chi connectivity index (χ0v) is 14.9. The van der Waals surface area contributed by atoms with E-state index in [4.69, 9.17) is 4.74 Å². The first-order valence-electron chi connectivity index (χ1n) is 8.68. The van der Waals surface area contributed by atoms with E-state index in [9.17, 15) is 0 Å². The fraction of sp³-hybridized carbons (Fsp3) is 0.250. The molecule has 1 heterocycles. The Morgan fingerprint density at radius 2 is 1.77 bits per heavy atom. The Morgan fingerprint density at radius 1 is 0.962 bits per heavy atom. The minimum absolute atomic E-state index is 0.531. The fourth-order valence-corrected chi connectivity index (χ4v) is 2.64. The maximum Gasteiger partial charge on any atom is 0.244 e. The van der Waals surface area contributed by atoms with E-state index in [0.717, 1.165) is 30.7 Å². The van der Waals surface area contributed by atoms with Crippen molar-refractivity contribution in [3.05, 3.63) is 71.9 Å². The van der Waals surface area contributed by atoms with Crippen LogP contribution in [0.5, 0.6) is 5.75 Å². The van der Waals surface area contributed by atoms with Gasteiger partial charge in [-0.15, -0.1) is 5.10 Å². The summed E-state index contributed by atoms with van der Waals surface area (Å²) >= 11 is 0. The summed E-state index contributed by atoms with van der Waals surface area (Å²) in [6, 6.07) is 18.3. The summed E-state index contributed by atoms with van der Waals surface area (Å²) in [7, 11) is 1.67. The summed E-state index contributed by atoms with van der Waals surface area (Å²) < 4.78 is 5.36. The van der Waals surface area contributed by atoms with E-state index in [0.29, 0.717) is 18.3 Å². The second-order valence-corrected chi connectivity index (χ2v) is 5.85. The van der Waals surface area contributed by atoms with Gasteiger partial charge in [-0.3, -0.25) is 0 Å². The molecule has 0 aliphatic heterocycles. The zero-order valence-electron chi connectivity index (χ0n) is 14.9. The molecule has 6 nitrogen and oxygen atoms in total. The van der Waals surface area contributed by atoms with Crippen molar-refractivity contribution in [3.63, 3.8) is 0 Å². The molecule has 26 heavy (non-hydrogen) atoms. The van der Waals surface area contributed by atoms with E-state index < -0.39 is 0 Å². The van der Waals surface area contributed by atoms with Crippen molar-refractivity contribution in [3.8, 4) is 5.75 Å². The second kappa shape index (κ2) is 9.36. The summed E-state index contributed by atoms with van der Waals surface area (Å²) in [5, 5.41) is 14.5. The number of aryl methyl sites for hydroxylation is 1. The third kappa shape index (κ3) is 5.17. The summed E-state index contributed by atoms with van der Waals surface area (Å²) in [5.74, 6) is 2.06. The van der Waals surface area contributed by atoms with Gasteiger partial charge in [0.1, 0.15) is 5.75 Å². The number of methoxy groups -OCH3 is 1. The number of aromatic nitrogens is 3. The first-order chi connectivity index (χ1) is 12.8. The van der Waals surface area contributed by atoms with Gasteiger partial charge < -0.3 is 15.4 Å². The van der Waals surface area contributed by atoms with Gasteiger partial charge in [0, 0.05) is 18.7 Å². The molecule has 0 atom stereocenters. The lowest BCUT2D eigenvalue weighted by molar-refractivity contribution is 0.410. The van der Waals surface area contributed by atoms with Gasteiger partial charge in [0.05, 0.1) is 13.3 Å². The Kier molecular flexibility index (Phi) is 6.36. The van der Waals surface area contributed by atoms with Crippen LogP contribution in [-0.4, -0.2) is 28.8 Å². The van der Waals surface area contributed by atoms with Crippen LogP contribution in [0, 0.1) is 0 Å². The Bertz CT molecular complexity index is 810. The van der Waals surface area contributed by atoms with Gasteiger partial charge in [0.15, 0.2) is 5.82 Å². The zero-order chi connectivity index (χ0) is 18.0. The Morgan fingerprint density at radius 3 is 2.62 bits per heavy atom. The molecule has 0 saturated heterocycles. The number of nitrogens with one attached hydrogen (secondary N) is 2. The molecule has 1 aromatic heterocycles. The van der Waals surface area contributed by atoms with Gasteiger partial charge in [0.25, 0.3) is 0 Å². The lowest BCUT2D eigenvalue weighted by atomic mass is 10.1. The number of nitrogens with zero attached hydrogens (tertiary/aromatic N) is 3. The van der Waals surface area contributed by atoms with Crippen LogP contribution in [0.25, 0.3) is 0 Å². The number of hydrogen-bond acceptors (Lipinski definition) is 6. The standard InChI is InChI=1S/C20H23N5O/c1-26-18-12-6-5-11-17(18)14-22-19-15-23-25-20(24-19)21-13-7-10-16-8-3-2-4-9-16/h2-6,8-9,11-12,15H,7,10,13-14H2,1H3,(H2,21,22,24,25). The molecule has 0 aliphatic carbocycles. The monoisotopic (exact) mass is 349 g/mol. The molecule has 3 rings (SSSR count). The molecule has 0 aliphatic rings. The largest absolute Gasteiger partial charge is 0.496 e. The third-order valence-corrected chi connectivity index (χ3v) is 3.98. The SMILES string of the molecule is COc1ccccc1CNc1cnnc(NCCCc2ccccc2)n1. The maximum absolute atomic E-state index is 5.36. The van der Waals surface area contributed by atoms with Gasteiger partial charge in [0.2, 0.25) is 5.95 Å².